The summed E-state index contributed by atoms with van der Waals surface area (Å²) in [7, 11) is 1.60. The molecule has 2 N–H and O–H groups in total. The van der Waals surface area contributed by atoms with Gasteiger partial charge in [-0.1, -0.05) is 11.2 Å². The first-order valence-corrected chi connectivity index (χ1v) is 5.52. The van der Waals surface area contributed by atoms with E-state index in [1.807, 2.05) is 19.1 Å². The van der Waals surface area contributed by atoms with Gasteiger partial charge in [0.15, 0.2) is 6.61 Å². The van der Waals surface area contributed by atoms with Crippen molar-refractivity contribution in [2.45, 2.75) is 19.6 Å². The molecular formula is C12H15N3O3. The third-order valence-electron chi connectivity index (χ3n) is 2.48. The van der Waals surface area contributed by atoms with Gasteiger partial charge >= 0.3 is 0 Å². The highest BCUT2D eigenvalue weighted by Gasteiger charge is 2.10. The zero-order valence-electron chi connectivity index (χ0n) is 10.3. The van der Waals surface area contributed by atoms with E-state index in [1.165, 1.54) is 6.39 Å². The quantitative estimate of drug-likeness (QED) is 0.867. The molecule has 1 atom stereocenters. The number of aromatic nitrogens is 2. The fourth-order valence-corrected chi connectivity index (χ4v) is 1.54. The Morgan fingerprint density at radius 2 is 2.28 bits per heavy atom. The van der Waals surface area contributed by atoms with Crippen molar-refractivity contribution in [2.24, 2.45) is 5.73 Å². The molecule has 0 radical (unpaired) electrons. The molecule has 6 nitrogen and oxygen atoms in total. The second-order valence-corrected chi connectivity index (χ2v) is 3.83. The molecule has 6 heteroatoms. The van der Waals surface area contributed by atoms with Gasteiger partial charge in [-0.05, 0) is 13.0 Å². The average Bonchev–Trinajstić information content (AvgIpc) is 2.88. The van der Waals surface area contributed by atoms with Crippen LogP contribution in [0.1, 0.15) is 24.4 Å². The van der Waals surface area contributed by atoms with Crippen LogP contribution < -0.4 is 15.2 Å². The summed E-state index contributed by atoms with van der Waals surface area (Å²) in [4.78, 5) is 3.88. The molecular weight excluding hydrogens is 234 g/mol. The number of rotatable bonds is 5. The van der Waals surface area contributed by atoms with Gasteiger partial charge in [-0.25, -0.2) is 0 Å². The van der Waals surface area contributed by atoms with Crippen LogP contribution in [0.2, 0.25) is 0 Å². The van der Waals surface area contributed by atoms with Crippen molar-refractivity contribution in [3.63, 3.8) is 0 Å². The van der Waals surface area contributed by atoms with Crippen LogP contribution in [0.5, 0.6) is 11.5 Å². The Morgan fingerprint density at radius 1 is 1.44 bits per heavy atom. The molecule has 0 aliphatic carbocycles. The summed E-state index contributed by atoms with van der Waals surface area (Å²) >= 11 is 0. The van der Waals surface area contributed by atoms with Gasteiger partial charge in [0.05, 0.1) is 7.11 Å². The maximum absolute atomic E-state index is 5.88. The van der Waals surface area contributed by atoms with Crippen molar-refractivity contribution >= 4 is 0 Å². The Hall–Kier alpha value is -2.08. The van der Waals surface area contributed by atoms with Crippen molar-refractivity contribution < 1.29 is 14.0 Å². The molecule has 96 valence electrons. The molecule has 0 unspecified atom stereocenters. The predicted octanol–water partition coefficient (Wildman–Crippen LogP) is 1.68. The molecule has 0 spiro atoms. The number of nitrogens with zero attached hydrogens (tertiary/aromatic N) is 2. The SMILES string of the molecule is COc1ccc([C@H](C)N)c(OCc2ncon2)c1. The van der Waals surface area contributed by atoms with E-state index in [9.17, 15) is 0 Å². The van der Waals surface area contributed by atoms with E-state index >= 15 is 0 Å². The van der Waals surface area contributed by atoms with Gasteiger partial charge in [-0.2, -0.15) is 4.98 Å². The Labute approximate surface area is 105 Å². The summed E-state index contributed by atoms with van der Waals surface area (Å²) in [5.41, 5.74) is 6.79. The van der Waals surface area contributed by atoms with Gasteiger partial charge in [-0.3, -0.25) is 0 Å². The Balaban J connectivity index is 2.18. The molecule has 2 aromatic rings. The van der Waals surface area contributed by atoms with Crippen molar-refractivity contribution in [1.29, 1.82) is 0 Å². The Bertz CT molecular complexity index is 497. The summed E-state index contributed by atoms with van der Waals surface area (Å²) in [6.45, 7) is 2.12. The lowest BCUT2D eigenvalue weighted by Crippen LogP contribution is -2.08. The van der Waals surface area contributed by atoms with Gasteiger partial charge in [0.25, 0.3) is 0 Å². The van der Waals surface area contributed by atoms with E-state index in [0.717, 1.165) is 5.56 Å². The molecule has 0 saturated carbocycles. The van der Waals surface area contributed by atoms with Crippen LogP contribution in [-0.2, 0) is 6.61 Å². The first-order valence-electron chi connectivity index (χ1n) is 5.52. The molecule has 0 aliphatic rings. The van der Waals surface area contributed by atoms with Crippen LogP contribution in [0, 0.1) is 0 Å². The third kappa shape index (κ3) is 2.78. The fraction of sp³-hybridized carbons (Fsp3) is 0.333. The zero-order valence-corrected chi connectivity index (χ0v) is 10.3. The maximum Gasteiger partial charge on any atom is 0.213 e. The molecule has 1 aromatic heterocycles. The highest BCUT2D eigenvalue weighted by Crippen LogP contribution is 2.29. The molecule has 18 heavy (non-hydrogen) atoms. The normalized spacial score (nSPS) is 12.2. The second-order valence-electron chi connectivity index (χ2n) is 3.83. The number of nitrogens with two attached hydrogens (primary N) is 1. The highest BCUT2D eigenvalue weighted by atomic mass is 16.5. The van der Waals surface area contributed by atoms with Crippen molar-refractivity contribution in [3.05, 3.63) is 36.0 Å². The zero-order chi connectivity index (χ0) is 13.0. The van der Waals surface area contributed by atoms with E-state index in [0.29, 0.717) is 17.3 Å². The minimum absolute atomic E-state index is 0.129. The molecule has 0 bridgehead atoms. The Morgan fingerprint density at radius 3 is 2.89 bits per heavy atom. The van der Waals surface area contributed by atoms with Crippen LogP contribution in [0.15, 0.2) is 29.1 Å². The monoisotopic (exact) mass is 249 g/mol. The van der Waals surface area contributed by atoms with Crippen LogP contribution in [0.3, 0.4) is 0 Å². The van der Waals surface area contributed by atoms with E-state index in [1.54, 1.807) is 13.2 Å². The number of hydrogen-bond acceptors (Lipinski definition) is 6. The van der Waals surface area contributed by atoms with Crippen molar-refractivity contribution in [2.75, 3.05) is 7.11 Å². The number of hydrogen-bond donors (Lipinski definition) is 1. The van der Waals surface area contributed by atoms with Crippen LogP contribution >= 0.6 is 0 Å². The van der Waals surface area contributed by atoms with Gasteiger partial charge in [0.1, 0.15) is 11.5 Å². The first-order chi connectivity index (χ1) is 8.70. The maximum atomic E-state index is 5.88. The topological polar surface area (TPSA) is 83.4 Å². The minimum atomic E-state index is -0.129. The van der Waals surface area contributed by atoms with E-state index < -0.39 is 0 Å². The van der Waals surface area contributed by atoms with Crippen LogP contribution in [-0.4, -0.2) is 17.3 Å². The molecule has 0 saturated heterocycles. The lowest BCUT2D eigenvalue weighted by molar-refractivity contribution is 0.281. The van der Waals surface area contributed by atoms with Gasteiger partial charge in [0.2, 0.25) is 12.2 Å². The van der Waals surface area contributed by atoms with Crippen LogP contribution in [0.25, 0.3) is 0 Å². The average molecular weight is 249 g/mol. The number of methoxy groups -OCH3 is 1. The molecule has 2 rings (SSSR count). The lowest BCUT2D eigenvalue weighted by atomic mass is 10.1. The van der Waals surface area contributed by atoms with Gasteiger partial charge in [0, 0.05) is 17.7 Å². The van der Waals surface area contributed by atoms with E-state index in [-0.39, 0.29) is 12.6 Å². The Kier molecular flexibility index (Phi) is 3.78. The fourth-order valence-electron chi connectivity index (χ4n) is 1.54. The standard InChI is InChI=1S/C12H15N3O3/c1-8(13)10-4-3-9(16-2)5-11(10)17-6-12-14-7-18-15-12/h3-5,7-8H,6,13H2,1-2H3/t8-/m0/s1. The highest BCUT2D eigenvalue weighted by molar-refractivity contribution is 5.42. The van der Waals surface area contributed by atoms with E-state index in [4.69, 9.17) is 15.2 Å². The summed E-state index contributed by atoms with van der Waals surface area (Å²) in [6.07, 6.45) is 1.26. The van der Waals surface area contributed by atoms with Crippen molar-refractivity contribution in [1.82, 2.24) is 10.1 Å². The van der Waals surface area contributed by atoms with E-state index in [2.05, 4.69) is 14.7 Å². The molecule has 0 amide bonds. The number of benzene rings is 1. The smallest absolute Gasteiger partial charge is 0.213 e. The molecule has 0 fully saturated rings. The summed E-state index contributed by atoms with van der Waals surface area (Å²) in [5.74, 6) is 1.85. The van der Waals surface area contributed by atoms with Crippen molar-refractivity contribution in [3.8, 4) is 11.5 Å². The molecule has 1 heterocycles. The molecule has 1 aromatic carbocycles. The summed E-state index contributed by atoms with van der Waals surface area (Å²) in [5, 5.41) is 3.67. The van der Waals surface area contributed by atoms with Gasteiger partial charge in [-0.15, -0.1) is 0 Å². The van der Waals surface area contributed by atoms with Crippen LogP contribution in [0.4, 0.5) is 0 Å². The lowest BCUT2D eigenvalue weighted by Gasteiger charge is -2.14. The summed E-state index contributed by atoms with van der Waals surface area (Å²) < 4.78 is 15.4. The number of ether oxygens (including phenoxy) is 2. The largest absolute Gasteiger partial charge is 0.497 e. The predicted molar refractivity (Wildman–Crippen MR) is 64.2 cm³/mol. The third-order valence-corrected chi connectivity index (χ3v) is 2.48. The first kappa shape index (κ1) is 12.4. The summed E-state index contributed by atoms with van der Waals surface area (Å²) in [6, 6.07) is 5.39. The molecule has 0 aliphatic heterocycles. The van der Waals surface area contributed by atoms with Gasteiger partial charge < -0.3 is 19.7 Å². The minimum Gasteiger partial charge on any atom is -0.497 e. The second kappa shape index (κ2) is 5.50.